The molecule has 14 heavy (non-hydrogen) atoms. The Hall–Kier alpha value is -0.550. The van der Waals surface area contributed by atoms with Crippen LogP contribution in [0.15, 0.2) is 27.8 Å². The van der Waals surface area contributed by atoms with Crippen LogP contribution in [0.2, 0.25) is 0 Å². The largest absolute Gasteiger partial charge is 0.465 e. The number of aliphatic imine (C=N–C) groups is 1. The van der Waals surface area contributed by atoms with E-state index in [1.165, 1.54) is 25.1 Å². The van der Waals surface area contributed by atoms with Crippen molar-refractivity contribution in [2.75, 3.05) is 13.4 Å². The summed E-state index contributed by atoms with van der Waals surface area (Å²) in [5, 5.41) is 0.902. The van der Waals surface area contributed by atoms with E-state index < -0.39 is 5.97 Å². The standard InChI is InChI=1S/C9H12BrNO2S/c1-6(9(12)13-3)8(10)5-11-7(2)14-4/h5H,1H2,2-4H3/b8-5+,11-7+. The predicted octanol–water partition coefficient (Wildman–Crippen LogP) is 2.73. The van der Waals surface area contributed by atoms with Crippen molar-refractivity contribution in [3.63, 3.8) is 0 Å². The summed E-state index contributed by atoms with van der Waals surface area (Å²) in [7, 11) is 1.31. The van der Waals surface area contributed by atoms with Crippen LogP contribution < -0.4 is 0 Å². The highest BCUT2D eigenvalue weighted by atomic mass is 79.9. The van der Waals surface area contributed by atoms with Gasteiger partial charge in [-0.25, -0.2) is 4.79 Å². The number of carbonyl (C=O) groups excluding carboxylic acids is 1. The number of hydrogen-bond acceptors (Lipinski definition) is 4. The van der Waals surface area contributed by atoms with Crippen LogP contribution >= 0.6 is 27.7 Å². The molecule has 0 aliphatic rings. The molecule has 0 rings (SSSR count). The number of methoxy groups -OCH3 is 1. The maximum absolute atomic E-state index is 11.0. The van der Waals surface area contributed by atoms with Crippen LogP contribution in [0.25, 0.3) is 0 Å². The molecule has 0 aliphatic heterocycles. The maximum Gasteiger partial charge on any atom is 0.338 e. The number of rotatable bonds is 3. The van der Waals surface area contributed by atoms with Gasteiger partial charge in [-0.2, -0.15) is 0 Å². The average Bonchev–Trinajstić information content (AvgIpc) is 2.22. The van der Waals surface area contributed by atoms with E-state index in [1.54, 1.807) is 0 Å². The molecular weight excluding hydrogens is 266 g/mol. The van der Waals surface area contributed by atoms with Gasteiger partial charge in [-0.15, -0.1) is 11.8 Å². The number of carbonyl (C=O) groups is 1. The van der Waals surface area contributed by atoms with Crippen molar-refractivity contribution in [2.24, 2.45) is 4.99 Å². The highest BCUT2D eigenvalue weighted by molar-refractivity contribution is 9.12. The minimum Gasteiger partial charge on any atom is -0.465 e. The Kier molecular flexibility index (Phi) is 6.57. The number of thioether (sulfide) groups is 1. The molecule has 0 bridgehead atoms. The molecule has 5 heteroatoms. The Morgan fingerprint density at radius 3 is 2.64 bits per heavy atom. The molecule has 0 saturated heterocycles. The van der Waals surface area contributed by atoms with Crippen LogP contribution in [-0.4, -0.2) is 24.4 Å². The summed E-state index contributed by atoms with van der Waals surface area (Å²) < 4.78 is 5.03. The number of nitrogens with zero attached hydrogens (tertiary/aromatic N) is 1. The van der Waals surface area contributed by atoms with Crippen molar-refractivity contribution in [3.8, 4) is 0 Å². The molecule has 3 nitrogen and oxygen atoms in total. The lowest BCUT2D eigenvalue weighted by Gasteiger charge is -2.00. The van der Waals surface area contributed by atoms with Gasteiger partial charge in [0, 0.05) is 10.7 Å². The third-order valence-electron chi connectivity index (χ3n) is 1.38. The van der Waals surface area contributed by atoms with E-state index in [4.69, 9.17) is 0 Å². The van der Waals surface area contributed by atoms with Gasteiger partial charge in [-0.1, -0.05) is 6.58 Å². The van der Waals surface area contributed by atoms with E-state index in [1.807, 2.05) is 13.2 Å². The molecule has 0 N–H and O–H groups in total. The minimum absolute atomic E-state index is 0.255. The monoisotopic (exact) mass is 277 g/mol. The van der Waals surface area contributed by atoms with Gasteiger partial charge >= 0.3 is 5.97 Å². The maximum atomic E-state index is 11.0. The van der Waals surface area contributed by atoms with Gasteiger partial charge < -0.3 is 4.74 Å². The molecule has 0 aromatic carbocycles. The first-order valence-electron chi connectivity index (χ1n) is 3.74. The molecule has 0 amide bonds. The van der Waals surface area contributed by atoms with Gasteiger partial charge in [0.05, 0.1) is 17.7 Å². The zero-order valence-electron chi connectivity index (χ0n) is 8.33. The van der Waals surface area contributed by atoms with Crippen LogP contribution in [0.4, 0.5) is 0 Å². The summed E-state index contributed by atoms with van der Waals surface area (Å²) in [5.41, 5.74) is 0.255. The Morgan fingerprint density at radius 1 is 1.64 bits per heavy atom. The quantitative estimate of drug-likeness (QED) is 0.262. The number of hydrogen-bond donors (Lipinski definition) is 0. The van der Waals surface area contributed by atoms with Gasteiger partial charge in [-0.05, 0) is 29.1 Å². The fourth-order valence-corrected chi connectivity index (χ4v) is 0.921. The van der Waals surface area contributed by atoms with Crippen LogP contribution in [0.3, 0.4) is 0 Å². The molecule has 0 saturated carbocycles. The van der Waals surface area contributed by atoms with Gasteiger partial charge in [0.25, 0.3) is 0 Å². The summed E-state index contributed by atoms with van der Waals surface area (Å²) in [5.74, 6) is -0.467. The molecule has 0 atom stereocenters. The van der Waals surface area contributed by atoms with Crippen molar-refractivity contribution < 1.29 is 9.53 Å². The lowest BCUT2D eigenvalue weighted by molar-refractivity contribution is -0.135. The van der Waals surface area contributed by atoms with Crippen molar-refractivity contribution in [1.82, 2.24) is 0 Å². The number of esters is 1. The second kappa shape index (κ2) is 6.84. The minimum atomic E-state index is -0.467. The molecule has 0 spiro atoms. The molecular formula is C9H12BrNO2S. The van der Waals surface area contributed by atoms with Crippen LogP contribution in [0.1, 0.15) is 6.92 Å². The molecule has 0 fully saturated rings. The normalized spacial score (nSPS) is 12.6. The Bertz CT molecular complexity index is 297. The van der Waals surface area contributed by atoms with E-state index in [0.717, 1.165) is 5.04 Å². The second-order valence-corrected chi connectivity index (χ2v) is 4.15. The molecule has 0 aromatic heterocycles. The van der Waals surface area contributed by atoms with E-state index in [-0.39, 0.29) is 5.57 Å². The Balaban J connectivity index is 4.54. The summed E-state index contributed by atoms with van der Waals surface area (Å²) in [6.45, 7) is 5.44. The third-order valence-corrected chi connectivity index (χ3v) is 2.75. The molecule has 0 heterocycles. The lowest BCUT2D eigenvalue weighted by atomic mass is 10.3. The van der Waals surface area contributed by atoms with Crippen molar-refractivity contribution >= 4 is 38.7 Å². The van der Waals surface area contributed by atoms with Crippen LogP contribution in [0, 0.1) is 0 Å². The third kappa shape index (κ3) is 4.62. The Labute approximate surface area is 96.4 Å². The zero-order chi connectivity index (χ0) is 11.1. The zero-order valence-corrected chi connectivity index (χ0v) is 10.7. The van der Waals surface area contributed by atoms with Gasteiger partial charge in [-0.3, -0.25) is 4.99 Å². The van der Waals surface area contributed by atoms with Gasteiger partial charge in [0.15, 0.2) is 0 Å². The summed E-state index contributed by atoms with van der Waals surface area (Å²) in [6, 6.07) is 0. The van der Waals surface area contributed by atoms with E-state index in [9.17, 15) is 4.79 Å². The van der Waals surface area contributed by atoms with Crippen LogP contribution in [0.5, 0.6) is 0 Å². The van der Waals surface area contributed by atoms with E-state index in [2.05, 4.69) is 32.2 Å². The molecule has 0 radical (unpaired) electrons. The SMILES string of the molecule is C=C(C(=O)OC)/C(Br)=C\N=C(/C)SC. The average molecular weight is 278 g/mol. The second-order valence-electron chi connectivity index (χ2n) is 2.30. The summed E-state index contributed by atoms with van der Waals surface area (Å²) >= 11 is 4.72. The molecule has 0 aliphatic carbocycles. The molecule has 0 unspecified atom stereocenters. The molecule has 0 aromatic rings. The highest BCUT2D eigenvalue weighted by Gasteiger charge is 2.09. The van der Waals surface area contributed by atoms with E-state index in [0.29, 0.717) is 4.48 Å². The smallest absolute Gasteiger partial charge is 0.338 e. The Morgan fingerprint density at radius 2 is 2.21 bits per heavy atom. The summed E-state index contributed by atoms with van der Waals surface area (Å²) in [6.07, 6.45) is 3.46. The fourth-order valence-electron chi connectivity index (χ4n) is 0.499. The van der Waals surface area contributed by atoms with Crippen LogP contribution in [-0.2, 0) is 9.53 Å². The summed E-state index contributed by atoms with van der Waals surface area (Å²) in [4.78, 5) is 15.1. The van der Waals surface area contributed by atoms with Gasteiger partial charge in [0.2, 0.25) is 0 Å². The lowest BCUT2D eigenvalue weighted by Crippen LogP contribution is -2.03. The first-order valence-corrected chi connectivity index (χ1v) is 5.76. The first-order chi connectivity index (χ1) is 6.52. The topological polar surface area (TPSA) is 38.7 Å². The van der Waals surface area contributed by atoms with E-state index >= 15 is 0 Å². The van der Waals surface area contributed by atoms with Gasteiger partial charge in [0.1, 0.15) is 0 Å². The van der Waals surface area contributed by atoms with Crippen molar-refractivity contribution in [3.05, 3.63) is 22.8 Å². The predicted molar refractivity (Wildman–Crippen MR) is 64.8 cm³/mol. The van der Waals surface area contributed by atoms with Crippen molar-refractivity contribution in [1.29, 1.82) is 0 Å². The fraction of sp³-hybridized carbons (Fsp3) is 0.333. The highest BCUT2D eigenvalue weighted by Crippen LogP contribution is 2.17. The number of ether oxygens (including phenoxy) is 1. The first kappa shape index (κ1) is 13.4. The van der Waals surface area contributed by atoms with Crippen molar-refractivity contribution in [2.45, 2.75) is 6.92 Å². The molecule has 78 valence electrons. The number of halogens is 1.